The Kier molecular flexibility index (Phi) is 11.5. The van der Waals surface area contributed by atoms with Gasteiger partial charge in [-0.2, -0.15) is 25.3 Å². The SMILES string of the molecule is CC(O)C(NC(=O)C(CS)NC(=O)C(N)CC(N)=O)C(=O)NC(CS)C(=O)O. The molecular formula is C14H25N5O7S2. The number of amides is 4. The molecule has 160 valence electrons. The van der Waals surface area contributed by atoms with E-state index in [2.05, 4.69) is 41.2 Å². The first-order valence-corrected chi connectivity index (χ1v) is 9.28. The Morgan fingerprint density at radius 1 is 0.929 bits per heavy atom. The van der Waals surface area contributed by atoms with Crippen LogP contribution in [0, 0.1) is 0 Å². The zero-order valence-corrected chi connectivity index (χ0v) is 16.8. The molecule has 0 radical (unpaired) electrons. The Balaban J connectivity index is 5.09. The number of thiol groups is 2. The van der Waals surface area contributed by atoms with Crippen molar-refractivity contribution in [1.82, 2.24) is 16.0 Å². The van der Waals surface area contributed by atoms with Gasteiger partial charge in [0.2, 0.25) is 23.6 Å². The summed E-state index contributed by atoms with van der Waals surface area (Å²) in [7, 11) is 0. The number of carbonyl (C=O) groups excluding carboxylic acids is 4. The average molecular weight is 440 g/mol. The molecule has 0 spiro atoms. The number of carbonyl (C=O) groups is 5. The molecule has 0 aromatic carbocycles. The highest BCUT2D eigenvalue weighted by molar-refractivity contribution is 7.80. The van der Waals surface area contributed by atoms with Crippen LogP contribution in [0.5, 0.6) is 0 Å². The summed E-state index contributed by atoms with van der Waals surface area (Å²) in [5.41, 5.74) is 10.4. The van der Waals surface area contributed by atoms with Gasteiger partial charge in [-0.05, 0) is 6.92 Å². The van der Waals surface area contributed by atoms with E-state index in [1.165, 1.54) is 6.92 Å². The molecule has 12 nitrogen and oxygen atoms in total. The number of nitrogens with two attached hydrogens (primary N) is 2. The summed E-state index contributed by atoms with van der Waals surface area (Å²) in [5.74, 6) is -5.24. The molecule has 0 aromatic heterocycles. The van der Waals surface area contributed by atoms with Crippen LogP contribution < -0.4 is 27.4 Å². The van der Waals surface area contributed by atoms with E-state index in [-0.39, 0.29) is 11.5 Å². The summed E-state index contributed by atoms with van der Waals surface area (Å²) in [5, 5.41) is 25.3. The van der Waals surface area contributed by atoms with Crippen LogP contribution in [0.3, 0.4) is 0 Å². The molecule has 0 saturated carbocycles. The van der Waals surface area contributed by atoms with E-state index in [0.29, 0.717) is 0 Å². The third kappa shape index (κ3) is 8.77. The van der Waals surface area contributed by atoms with Crippen LogP contribution in [0.15, 0.2) is 0 Å². The molecule has 5 unspecified atom stereocenters. The molecule has 14 heteroatoms. The Bertz CT molecular complexity index is 605. The zero-order chi connectivity index (χ0) is 22.0. The van der Waals surface area contributed by atoms with E-state index in [1.807, 2.05) is 0 Å². The van der Waals surface area contributed by atoms with Crippen LogP contribution in [-0.4, -0.2) is 81.6 Å². The normalized spacial score (nSPS) is 16.0. The molecular weight excluding hydrogens is 414 g/mol. The molecule has 0 aliphatic carbocycles. The molecule has 28 heavy (non-hydrogen) atoms. The Hall–Kier alpha value is -2.03. The van der Waals surface area contributed by atoms with Gasteiger partial charge in [-0.1, -0.05) is 0 Å². The third-order valence-corrected chi connectivity index (χ3v) is 4.16. The predicted octanol–water partition coefficient (Wildman–Crippen LogP) is -4.03. The second-order valence-electron chi connectivity index (χ2n) is 5.83. The van der Waals surface area contributed by atoms with Gasteiger partial charge in [0, 0.05) is 11.5 Å². The van der Waals surface area contributed by atoms with E-state index in [1.54, 1.807) is 0 Å². The second kappa shape index (κ2) is 12.4. The summed E-state index contributed by atoms with van der Waals surface area (Å²) in [6.07, 6.45) is -1.82. The maximum Gasteiger partial charge on any atom is 0.327 e. The van der Waals surface area contributed by atoms with Gasteiger partial charge >= 0.3 is 5.97 Å². The number of nitrogens with one attached hydrogen (secondary N) is 3. The van der Waals surface area contributed by atoms with Crippen LogP contribution in [0.4, 0.5) is 0 Å². The fraction of sp³-hybridized carbons (Fsp3) is 0.643. The lowest BCUT2D eigenvalue weighted by Gasteiger charge is -2.25. The number of carboxylic acids is 1. The highest BCUT2D eigenvalue weighted by Crippen LogP contribution is 2.00. The van der Waals surface area contributed by atoms with E-state index >= 15 is 0 Å². The minimum absolute atomic E-state index is 0.191. The number of hydrogen-bond acceptors (Lipinski definition) is 9. The summed E-state index contributed by atoms with van der Waals surface area (Å²) >= 11 is 7.73. The summed E-state index contributed by atoms with van der Waals surface area (Å²) in [6.45, 7) is 1.21. The van der Waals surface area contributed by atoms with Crippen molar-refractivity contribution in [1.29, 1.82) is 0 Å². The third-order valence-electron chi connectivity index (χ3n) is 3.43. The molecule has 4 amide bonds. The number of aliphatic hydroxyl groups is 1. The van der Waals surface area contributed by atoms with E-state index in [0.717, 1.165) is 0 Å². The summed E-state index contributed by atoms with van der Waals surface area (Å²) < 4.78 is 0. The van der Waals surface area contributed by atoms with Crippen LogP contribution >= 0.6 is 25.3 Å². The lowest BCUT2D eigenvalue weighted by atomic mass is 10.1. The molecule has 9 N–H and O–H groups in total. The number of aliphatic carboxylic acids is 1. The molecule has 0 saturated heterocycles. The smallest absolute Gasteiger partial charge is 0.327 e. The predicted molar refractivity (Wildman–Crippen MR) is 105 cm³/mol. The summed E-state index contributed by atoms with van der Waals surface area (Å²) in [4.78, 5) is 58.2. The highest BCUT2D eigenvalue weighted by atomic mass is 32.1. The van der Waals surface area contributed by atoms with Gasteiger partial charge in [0.15, 0.2) is 0 Å². The number of primary amides is 1. The Morgan fingerprint density at radius 3 is 1.82 bits per heavy atom. The van der Waals surface area contributed by atoms with Crippen molar-refractivity contribution in [2.45, 2.75) is 43.6 Å². The van der Waals surface area contributed by atoms with Crippen LogP contribution in [0.25, 0.3) is 0 Å². The van der Waals surface area contributed by atoms with Crippen molar-refractivity contribution in [2.24, 2.45) is 11.5 Å². The first-order chi connectivity index (χ1) is 12.9. The maximum atomic E-state index is 12.3. The van der Waals surface area contributed by atoms with Gasteiger partial charge in [-0.25, -0.2) is 4.79 Å². The van der Waals surface area contributed by atoms with E-state index in [9.17, 15) is 29.1 Å². The molecule has 0 aromatic rings. The van der Waals surface area contributed by atoms with Crippen molar-refractivity contribution in [3.05, 3.63) is 0 Å². The fourth-order valence-corrected chi connectivity index (χ4v) is 2.39. The van der Waals surface area contributed by atoms with Gasteiger partial charge in [0.1, 0.15) is 18.1 Å². The lowest BCUT2D eigenvalue weighted by molar-refractivity contribution is -0.142. The number of aliphatic hydroxyl groups excluding tert-OH is 1. The molecule has 5 atom stereocenters. The van der Waals surface area contributed by atoms with Crippen molar-refractivity contribution < 1.29 is 34.2 Å². The molecule has 0 heterocycles. The van der Waals surface area contributed by atoms with Crippen molar-refractivity contribution >= 4 is 54.9 Å². The molecule has 0 aliphatic rings. The minimum Gasteiger partial charge on any atom is -0.480 e. The molecule has 0 fully saturated rings. The molecule has 0 bridgehead atoms. The Morgan fingerprint density at radius 2 is 1.43 bits per heavy atom. The second-order valence-corrected chi connectivity index (χ2v) is 6.56. The quantitative estimate of drug-likeness (QED) is 0.136. The topological polar surface area (TPSA) is 214 Å². The maximum absolute atomic E-state index is 12.3. The van der Waals surface area contributed by atoms with Gasteiger partial charge in [-0.3, -0.25) is 19.2 Å². The Labute approximate surface area is 172 Å². The number of hydrogen-bond donors (Lipinski definition) is 9. The number of rotatable bonds is 12. The number of carboxylic acid groups (broad SMARTS) is 1. The van der Waals surface area contributed by atoms with Gasteiger partial charge < -0.3 is 37.6 Å². The molecule has 0 aliphatic heterocycles. The van der Waals surface area contributed by atoms with Crippen molar-refractivity contribution in [2.75, 3.05) is 11.5 Å². The largest absolute Gasteiger partial charge is 0.480 e. The van der Waals surface area contributed by atoms with Crippen LogP contribution in [0.2, 0.25) is 0 Å². The van der Waals surface area contributed by atoms with Crippen molar-refractivity contribution in [3.63, 3.8) is 0 Å². The fourth-order valence-electron chi connectivity index (χ4n) is 1.89. The molecule has 0 rings (SSSR count). The minimum atomic E-state index is -1.51. The standard InChI is InChI=1S/C14H25N5O7S2/c1-5(20)10(13(24)18-8(4-28)14(25)26)19-12(23)7(3-27)17-11(22)6(15)2-9(16)21/h5-8,10,20,27-28H,2-4,15H2,1H3,(H2,16,21)(H,17,22)(H,18,24)(H,19,23)(H,25,26). The van der Waals surface area contributed by atoms with Gasteiger partial charge in [-0.15, -0.1) is 0 Å². The van der Waals surface area contributed by atoms with Crippen molar-refractivity contribution in [3.8, 4) is 0 Å². The summed E-state index contributed by atoms with van der Waals surface area (Å²) in [6, 6.07) is -5.37. The van der Waals surface area contributed by atoms with E-state index < -0.39 is 66.3 Å². The zero-order valence-electron chi connectivity index (χ0n) is 15.0. The van der Waals surface area contributed by atoms with Gasteiger partial charge in [0.05, 0.1) is 18.6 Å². The van der Waals surface area contributed by atoms with Crippen LogP contribution in [0.1, 0.15) is 13.3 Å². The van der Waals surface area contributed by atoms with Crippen LogP contribution in [-0.2, 0) is 24.0 Å². The highest BCUT2D eigenvalue weighted by Gasteiger charge is 2.32. The first kappa shape index (κ1) is 26.0. The first-order valence-electron chi connectivity index (χ1n) is 8.02. The van der Waals surface area contributed by atoms with Gasteiger partial charge in [0.25, 0.3) is 0 Å². The lowest BCUT2D eigenvalue weighted by Crippen LogP contribution is -2.60. The average Bonchev–Trinajstić information content (AvgIpc) is 2.60. The monoisotopic (exact) mass is 439 g/mol. The van der Waals surface area contributed by atoms with E-state index in [4.69, 9.17) is 16.6 Å².